The molecule has 1 saturated heterocycles. The number of nitrogens with one attached hydrogen (secondary N) is 1. The predicted octanol–water partition coefficient (Wildman–Crippen LogP) is 2.47. The van der Waals surface area contributed by atoms with E-state index in [0.717, 1.165) is 24.7 Å². The van der Waals surface area contributed by atoms with Gasteiger partial charge < -0.3 is 15.2 Å². The zero-order valence-corrected chi connectivity index (χ0v) is 14.1. The number of amides is 1. The second kappa shape index (κ2) is 8.25. The molecule has 1 heterocycles. The molecule has 0 radical (unpaired) electrons. The van der Waals surface area contributed by atoms with Crippen molar-refractivity contribution in [3.8, 4) is 5.75 Å². The van der Waals surface area contributed by atoms with Crippen LogP contribution in [0.2, 0.25) is 0 Å². The lowest BCUT2D eigenvalue weighted by molar-refractivity contribution is 0.0332. The molecule has 1 fully saturated rings. The van der Waals surface area contributed by atoms with Crippen LogP contribution in [0.25, 0.3) is 0 Å². The van der Waals surface area contributed by atoms with Crippen LogP contribution in [0.3, 0.4) is 0 Å². The van der Waals surface area contributed by atoms with Gasteiger partial charge in [0.15, 0.2) is 0 Å². The van der Waals surface area contributed by atoms with E-state index < -0.39 is 34.9 Å². The molecule has 0 aliphatic carbocycles. The van der Waals surface area contributed by atoms with Crippen LogP contribution in [0.1, 0.15) is 22.0 Å². The van der Waals surface area contributed by atoms with Crippen molar-refractivity contribution in [1.82, 2.24) is 10.2 Å². The molecule has 26 heavy (non-hydrogen) atoms. The van der Waals surface area contributed by atoms with Crippen molar-refractivity contribution in [2.75, 3.05) is 32.8 Å². The minimum Gasteiger partial charge on any atom is -0.507 e. The molecule has 0 saturated carbocycles. The maximum atomic E-state index is 14.0. The van der Waals surface area contributed by atoms with E-state index in [1.165, 1.54) is 0 Å². The number of morpholine rings is 1. The van der Waals surface area contributed by atoms with Gasteiger partial charge in [0.25, 0.3) is 5.91 Å². The normalized spacial score (nSPS) is 16.2. The molecular weight excluding hydrogens is 342 g/mol. The highest BCUT2D eigenvalue weighted by atomic mass is 19.1. The van der Waals surface area contributed by atoms with Crippen molar-refractivity contribution in [1.29, 1.82) is 0 Å². The molecule has 2 aromatic rings. The predicted molar refractivity (Wildman–Crippen MR) is 91.9 cm³/mol. The number of aromatic hydroxyl groups is 1. The molecule has 1 aliphatic rings. The van der Waals surface area contributed by atoms with E-state index in [-0.39, 0.29) is 0 Å². The zero-order valence-electron chi connectivity index (χ0n) is 14.1. The standard InChI is InChI=1S/C19H20F2N2O3/c20-14-10-15(21)18(17(24)11-14)19(25)22-16(13-4-2-1-3-5-13)12-23-6-8-26-9-7-23/h1-5,10-11,16,24H,6-9,12H2,(H,22,25). The number of hydrogen-bond acceptors (Lipinski definition) is 4. The molecular formula is C19H20F2N2O3. The molecule has 1 atom stereocenters. The van der Waals surface area contributed by atoms with Gasteiger partial charge in [-0.1, -0.05) is 30.3 Å². The van der Waals surface area contributed by atoms with Crippen LogP contribution in [0.5, 0.6) is 5.75 Å². The number of carbonyl (C=O) groups is 1. The quantitative estimate of drug-likeness (QED) is 0.858. The van der Waals surface area contributed by atoms with Crippen LogP contribution in [0.4, 0.5) is 8.78 Å². The molecule has 3 rings (SSSR count). The summed E-state index contributed by atoms with van der Waals surface area (Å²) in [5.74, 6) is -3.55. The fraction of sp³-hybridized carbons (Fsp3) is 0.316. The third kappa shape index (κ3) is 4.36. The average Bonchev–Trinajstić information content (AvgIpc) is 2.62. The first-order valence-electron chi connectivity index (χ1n) is 8.38. The highest BCUT2D eigenvalue weighted by Crippen LogP contribution is 2.24. The molecule has 1 amide bonds. The Hall–Kier alpha value is -2.51. The van der Waals surface area contributed by atoms with Gasteiger partial charge in [-0.15, -0.1) is 0 Å². The lowest BCUT2D eigenvalue weighted by Crippen LogP contribution is -2.43. The van der Waals surface area contributed by atoms with Crippen LogP contribution in [-0.2, 0) is 4.74 Å². The number of nitrogens with zero attached hydrogens (tertiary/aromatic N) is 1. The molecule has 2 N–H and O–H groups in total. The number of ether oxygens (including phenoxy) is 1. The van der Waals surface area contributed by atoms with E-state index in [2.05, 4.69) is 10.2 Å². The van der Waals surface area contributed by atoms with Gasteiger partial charge in [-0.25, -0.2) is 8.78 Å². The number of phenols is 1. The Labute approximate surface area is 150 Å². The Morgan fingerprint density at radius 2 is 1.88 bits per heavy atom. The Morgan fingerprint density at radius 3 is 2.54 bits per heavy atom. The first-order chi connectivity index (χ1) is 12.5. The zero-order chi connectivity index (χ0) is 18.5. The molecule has 7 heteroatoms. The summed E-state index contributed by atoms with van der Waals surface area (Å²) in [5, 5.41) is 12.5. The van der Waals surface area contributed by atoms with Crippen LogP contribution in [-0.4, -0.2) is 48.8 Å². The smallest absolute Gasteiger partial charge is 0.258 e. The summed E-state index contributed by atoms with van der Waals surface area (Å²) in [5.41, 5.74) is 0.295. The van der Waals surface area contributed by atoms with Crippen LogP contribution in [0, 0.1) is 11.6 Å². The first-order valence-corrected chi connectivity index (χ1v) is 8.38. The summed E-state index contributed by atoms with van der Waals surface area (Å²) in [4.78, 5) is 14.7. The van der Waals surface area contributed by atoms with Gasteiger partial charge in [0.05, 0.1) is 19.3 Å². The van der Waals surface area contributed by atoms with Gasteiger partial charge in [0.1, 0.15) is 22.9 Å². The van der Waals surface area contributed by atoms with Crippen LogP contribution >= 0.6 is 0 Å². The minimum absolute atomic E-state index is 0.411. The first kappa shape index (κ1) is 18.3. The van der Waals surface area contributed by atoms with E-state index in [0.29, 0.717) is 25.8 Å². The summed E-state index contributed by atoms with van der Waals surface area (Å²) in [6, 6.07) is 10.2. The van der Waals surface area contributed by atoms with E-state index in [9.17, 15) is 18.7 Å². The molecule has 138 valence electrons. The van der Waals surface area contributed by atoms with Gasteiger partial charge >= 0.3 is 0 Å². The van der Waals surface area contributed by atoms with Gasteiger partial charge in [0.2, 0.25) is 0 Å². The number of phenolic OH excluding ortho intramolecular Hbond substituents is 1. The number of rotatable bonds is 5. The highest BCUT2D eigenvalue weighted by molar-refractivity contribution is 5.97. The monoisotopic (exact) mass is 362 g/mol. The second-order valence-corrected chi connectivity index (χ2v) is 6.13. The molecule has 0 bridgehead atoms. The van der Waals surface area contributed by atoms with E-state index >= 15 is 0 Å². The van der Waals surface area contributed by atoms with E-state index in [1.807, 2.05) is 30.3 Å². The van der Waals surface area contributed by atoms with Crippen LogP contribution < -0.4 is 5.32 Å². The SMILES string of the molecule is O=C(NC(CN1CCOCC1)c1ccccc1)c1c(O)cc(F)cc1F. The largest absolute Gasteiger partial charge is 0.507 e. The third-order valence-corrected chi connectivity index (χ3v) is 4.31. The highest BCUT2D eigenvalue weighted by Gasteiger charge is 2.24. The number of halogens is 2. The van der Waals surface area contributed by atoms with Crippen molar-refractivity contribution >= 4 is 5.91 Å². The second-order valence-electron chi connectivity index (χ2n) is 6.13. The molecule has 5 nitrogen and oxygen atoms in total. The van der Waals surface area contributed by atoms with E-state index in [1.54, 1.807) is 0 Å². The molecule has 1 aliphatic heterocycles. The minimum atomic E-state index is -1.10. The average molecular weight is 362 g/mol. The molecule has 1 unspecified atom stereocenters. The molecule has 0 aromatic heterocycles. The van der Waals surface area contributed by atoms with E-state index in [4.69, 9.17) is 4.74 Å². The fourth-order valence-corrected chi connectivity index (χ4v) is 2.98. The maximum absolute atomic E-state index is 14.0. The summed E-state index contributed by atoms with van der Waals surface area (Å²) in [6.45, 7) is 3.21. The maximum Gasteiger partial charge on any atom is 0.258 e. The fourth-order valence-electron chi connectivity index (χ4n) is 2.98. The van der Waals surface area contributed by atoms with Crippen molar-refractivity contribution in [3.05, 3.63) is 65.2 Å². The Morgan fingerprint density at radius 1 is 1.19 bits per heavy atom. The summed E-state index contributed by atoms with van der Waals surface area (Å²) in [6.07, 6.45) is 0. The van der Waals surface area contributed by atoms with Crippen molar-refractivity contribution in [2.24, 2.45) is 0 Å². The number of hydrogen-bond donors (Lipinski definition) is 2. The molecule has 2 aromatic carbocycles. The Bertz CT molecular complexity index is 742. The van der Waals surface area contributed by atoms with Crippen molar-refractivity contribution < 1.29 is 23.4 Å². The summed E-state index contributed by atoms with van der Waals surface area (Å²) >= 11 is 0. The van der Waals surface area contributed by atoms with Crippen LogP contribution in [0.15, 0.2) is 42.5 Å². The van der Waals surface area contributed by atoms with Gasteiger partial charge in [-0.2, -0.15) is 0 Å². The number of benzene rings is 2. The van der Waals surface area contributed by atoms with Gasteiger partial charge in [-0.3, -0.25) is 9.69 Å². The Balaban J connectivity index is 1.82. The lowest BCUT2D eigenvalue weighted by atomic mass is 10.0. The van der Waals surface area contributed by atoms with Gasteiger partial charge in [0, 0.05) is 31.8 Å². The van der Waals surface area contributed by atoms with Gasteiger partial charge in [-0.05, 0) is 5.56 Å². The summed E-state index contributed by atoms with van der Waals surface area (Å²) in [7, 11) is 0. The Kier molecular flexibility index (Phi) is 5.80. The lowest BCUT2D eigenvalue weighted by Gasteiger charge is -2.31. The third-order valence-electron chi connectivity index (χ3n) is 4.31. The topological polar surface area (TPSA) is 61.8 Å². The molecule has 0 spiro atoms. The number of carbonyl (C=O) groups excluding carboxylic acids is 1. The summed E-state index contributed by atoms with van der Waals surface area (Å²) < 4.78 is 32.5. The van der Waals surface area contributed by atoms with Crippen molar-refractivity contribution in [2.45, 2.75) is 6.04 Å². The van der Waals surface area contributed by atoms with Crippen molar-refractivity contribution in [3.63, 3.8) is 0 Å².